The molecule has 2 aliphatic rings. The van der Waals surface area contributed by atoms with Crippen molar-refractivity contribution in [2.24, 2.45) is 4.99 Å². The first kappa shape index (κ1) is 9.21. The highest BCUT2D eigenvalue weighted by Crippen LogP contribution is 2.33. The van der Waals surface area contributed by atoms with Gasteiger partial charge in [0.2, 0.25) is 6.79 Å². The van der Waals surface area contributed by atoms with Crippen molar-refractivity contribution < 1.29 is 19.0 Å². The van der Waals surface area contributed by atoms with Crippen LogP contribution in [0.3, 0.4) is 0 Å². The zero-order valence-electron chi connectivity index (χ0n) is 8.38. The fourth-order valence-corrected chi connectivity index (χ4v) is 1.71. The number of nitrogens with zero attached hydrogens (tertiary/aromatic N) is 1. The van der Waals surface area contributed by atoms with Crippen LogP contribution < -0.4 is 9.47 Å². The summed E-state index contributed by atoms with van der Waals surface area (Å²) in [6, 6.07) is 5.58. The number of benzene rings is 1. The van der Waals surface area contributed by atoms with Gasteiger partial charge in [-0.25, -0.2) is 0 Å². The molecule has 3 rings (SSSR count). The molecule has 1 atom stereocenters. The molecule has 5 nitrogen and oxygen atoms in total. The second-order valence-electron chi connectivity index (χ2n) is 3.59. The van der Waals surface area contributed by atoms with Gasteiger partial charge in [0.25, 0.3) is 5.91 Å². The average Bonchev–Trinajstić information content (AvgIpc) is 2.88. The Morgan fingerprint density at radius 1 is 1.31 bits per heavy atom. The zero-order chi connectivity index (χ0) is 11.0. The summed E-state index contributed by atoms with van der Waals surface area (Å²) in [4.78, 5) is 14.8. The Hall–Kier alpha value is -2.04. The molecular formula is C11H9NO4. The van der Waals surface area contributed by atoms with E-state index in [0.717, 1.165) is 11.3 Å². The van der Waals surface area contributed by atoms with Crippen molar-refractivity contribution in [1.82, 2.24) is 0 Å². The molecule has 5 heteroatoms. The van der Waals surface area contributed by atoms with Crippen LogP contribution in [-0.4, -0.2) is 25.2 Å². The third-order valence-electron chi connectivity index (χ3n) is 2.54. The lowest BCUT2D eigenvalue weighted by atomic mass is 10.1. The molecule has 2 heterocycles. The molecule has 0 fully saturated rings. The predicted molar refractivity (Wildman–Crippen MR) is 54.6 cm³/mol. The maximum atomic E-state index is 11.2. The standard InChI is InChI=1S/C11H9NO4/c13-11-10(14-5-12-11)4-7-1-2-8-9(3-7)16-6-15-8/h1-3,5,10H,4,6H2. The molecule has 0 aromatic heterocycles. The number of rotatable bonds is 2. The average molecular weight is 219 g/mol. The molecule has 1 aromatic rings. The van der Waals surface area contributed by atoms with Gasteiger partial charge in [0.15, 0.2) is 24.0 Å². The number of amides is 1. The first-order valence-corrected chi connectivity index (χ1v) is 4.93. The summed E-state index contributed by atoms with van der Waals surface area (Å²) in [6.07, 6.45) is 1.19. The molecule has 0 aliphatic carbocycles. The van der Waals surface area contributed by atoms with E-state index in [0.29, 0.717) is 12.2 Å². The summed E-state index contributed by atoms with van der Waals surface area (Å²) in [5.41, 5.74) is 0.966. The number of carbonyl (C=O) groups is 1. The fourth-order valence-electron chi connectivity index (χ4n) is 1.71. The highest BCUT2D eigenvalue weighted by molar-refractivity contribution is 5.91. The Morgan fingerprint density at radius 2 is 2.19 bits per heavy atom. The monoisotopic (exact) mass is 219 g/mol. The predicted octanol–water partition coefficient (Wildman–Crippen LogP) is 0.912. The molecule has 0 saturated heterocycles. The number of ether oxygens (including phenoxy) is 3. The summed E-state index contributed by atoms with van der Waals surface area (Å²) in [5.74, 6) is 1.21. The molecule has 0 bridgehead atoms. The first-order valence-electron chi connectivity index (χ1n) is 4.93. The Balaban J connectivity index is 1.78. The van der Waals surface area contributed by atoms with Crippen molar-refractivity contribution >= 4 is 12.3 Å². The summed E-state index contributed by atoms with van der Waals surface area (Å²) in [5, 5.41) is 0. The van der Waals surface area contributed by atoms with Gasteiger partial charge in [-0.2, -0.15) is 4.99 Å². The molecule has 16 heavy (non-hydrogen) atoms. The van der Waals surface area contributed by atoms with Crippen LogP contribution in [0.5, 0.6) is 11.5 Å². The van der Waals surface area contributed by atoms with Gasteiger partial charge in [0.05, 0.1) is 0 Å². The summed E-state index contributed by atoms with van der Waals surface area (Å²) in [7, 11) is 0. The van der Waals surface area contributed by atoms with E-state index in [-0.39, 0.29) is 12.7 Å². The minimum absolute atomic E-state index is 0.238. The molecule has 1 amide bonds. The van der Waals surface area contributed by atoms with Crippen molar-refractivity contribution in [3.05, 3.63) is 23.8 Å². The summed E-state index contributed by atoms with van der Waals surface area (Å²) < 4.78 is 15.5. The lowest BCUT2D eigenvalue weighted by Crippen LogP contribution is -2.19. The minimum atomic E-state index is -0.500. The maximum absolute atomic E-state index is 11.2. The van der Waals surface area contributed by atoms with Gasteiger partial charge < -0.3 is 14.2 Å². The van der Waals surface area contributed by atoms with Gasteiger partial charge in [-0.3, -0.25) is 4.79 Å². The van der Waals surface area contributed by atoms with E-state index < -0.39 is 6.10 Å². The maximum Gasteiger partial charge on any atom is 0.289 e. The van der Waals surface area contributed by atoms with Gasteiger partial charge in [-0.1, -0.05) is 6.07 Å². The molecule has 82 valence electrons. The van der Waals surface area contributed by atoms with Gasteiger partial charge in [0.1, 0.15) is 0 Å². The van der Waals surface area contributed by atoms with Crippen molar-refractivity contribution in [3.63, 3.8) is 0 Å². The smallest absolute Gasteiger partial charge is 0.289 e. The number of carbonyl (C=O) groups excluding carboxylic acids is 1. The van der Waals surface area contributed by atoms with Crippen LogP contribution in [0, 0.1) is 0 Å². The van der Waals surface area contributed by atoms with Crippen LogP contribution in [0.25, 0.3) is 0 Å². The van der Waals surface area contributed by atoms with Crippen LogP contribution in [0.1, 0.15) is 5.56 Å². The third kappa shape index (κ3) is 1.50. The van der Waals surface area contributed by atoms with Crippen LogP contribution in [0.4, 0.5) is 0 Å². The molecule has 0 N–H and O–H groups in total. The Morgan fingerprint density at radius 3 is 3.00 bits per heavy atom. The van der Waals surface area contributed by atoms with E-state index >= 15 is 0 Å². The fraction of sp³-hybridized carbons (Fsp3) is 0.273. The molecule has 0 spiro atoms. The van der Waals surface area contributed by atoms with Crippen LogP contribution in [0.15, 0.2) is 23.2 Å². The molecule has 0 saturated carbocycles. The van der Waals surface area contributed by atoms with Crippen molar-refractivity contribution in [2.75, 3.05) is 6.79 Å². The number of fused-ring (bicyclic) bond motifs is 1. The third-order valence-corrected chi connectivity index (χ3v) is 2.54. The second-order valence-corrected chi connectivity index (χ2v) is 3.59. The van der Waals surface area contributed by atoms with E-state index in [9.17, 15) is 4.79 Å². The van der Waals surface area contributed by atoms with Gasteiger partial charge in [0, 0.05) is 6.42 Å². The largest absolute Gasteiger partial charge is 0.470 e. The highest BCUT2D eigenvalue weighted by atomic mass is 16.7. The second kappa shape index (κ2) is 3.52. The normalized spacial score (nSPS) is 21.2. The van der Waals surface area contributed by atoms with E-state index in [2.05, 4.69) is 4.99 Å². The van der Waals surface area contributed by atoms with Gasteiger partial charge >= 0.3 is 0 Å². The quantitative estimate of drug-likeness (QED) is 0.741. The van der Waals surface area contributed by atoms with E-state index in [4.69, 9.17) is 14.2 Å². The molecule has 0 radical (unpaired) electrons. The summed E-state index contributed by atoms with van der Waals surface area (Å²) >= 11 is 0. The lowest BCUT2D eigenvalue weighted by Gasteiger charge is -2.07. The number of hydrogen-bond acceptors (Lipinski definition) is 4. The van der Waals surface area contributed by atoms with E-state index in [1.807, 2.05) is 18.2 Å². The van der Waals surface area contributed by atoms with Crippen LogP contribution in [0.2, 0.25) is 0 Å². The molecule has 1 unspecified atom stereocenters. The van der Waals surface area contributed by atoms with Crippen LogP contribution >= 0.6 is 0 Å². The van der Waals surface area contributed by atoms with Crippen molar-refractivity contribution in [1.29, 1.82) is 0 Å². The SMILES string of the molecule is O=C1N=COC1Cc1ccc2c(c1)OCO2. The Kier molecular flexibility index (Phi) is 2.02. The zero-order valence-corrected chi connectivity index (χ0v) is 8.38. The minimum Gasteiger partial charge on any atom is -0.470 e. The lowest BCUT2D eigenvalue weighted by molar-refractivity contribution is -0.122. The first-order chi connectivity index (χ1) is 7.83. The highest BCUT2D eigenvalue weighted by Gasteiger charge is 2.24. The molecule has 1 aromatic carbocycles. The number of hydrogen-bond donors (Lipinski definition) is 0. The van der Waals surface area contributed by atoms with Gasteiger partial charge in [-0.15, -0.1) is 0 Å². The Labute approximate surface area is 91.6 Å². The van der Waals surface area contributed by atoms with Gasteiger partial charge in [-0.05, 0) is 17.7 Å². The summed E-state index contributed by atoms with van der Waals surface area (Å²) in [6.45, 7) is 0.251. The van der Waals surface area contributed by atoms with E-state index in [1.165, 1.54) is 6.40 Å². The van der Waals surface area contributed by atoms with Crippen molar-refractivity contribution in [2.45, 2.75) is 12.5 Å². The van der Waals surface area contributed by atoms with Crippen molar-refractivity contribution in [3.8, 4) is 11.5 Å². The molecule has 2 aliphatic heterocycles. The topological polar surface area (TPSA) is 57.1 Å². The Bertz CT molecular complexity index is 469. The number of aliphatic imine (C=N–C) groups is 1. The van der Waals surface area contributed by atoms with Crippen LogP contribution in [-0.2, 0) is 16.0 Å². The molecular weight excluding hydrogens is 210 g/mol. The van der Waals surface area contributed by atoms with E-state index in [1.54, 1.807) is 0 Å².